The molecule has 0 unspecified atom stereocenters. The van der Waals surface area contributed by atoms with E-state index >= 15 is 0 Å². The summed E-state index contributed by atoms with van der Waals surface area (Å²) in [5.41, 5.74) is -1.39. The summed E-state index contributed by atoms with van der Waals surface area (Å²) < 4.78 is 3.21. The Morgan fingerprint density at radius 1 is 1.05 bits per heavy atom. The molecule has 1 rings (SSSR count). The van der Waals surface area contributed by atoms with Crippen molar-refractivity contribution < 1.29 is 0 Å². The molecule has 0 atom stereocenters. The fourth-order valence-electron chi connectivity index (χ4n) is 1.68. The van der Waals surface area contributed by atoms with Crippen molar-refractivity contribution in [3.05, 3.63) is 26.6 Å². The summed E-state index contributed by atoms with van der Waals surface area (Å²) in [7, 11) is 0. The quantitative estimate of drug-likeness (QED) is 0.715. The van der Waals surface area contributed by atoms with E-state index in [4.69, 9.17) is 18.3 Å². The first-order valence-electron chi connectivity index (χ1n) is 5.94. The fraction of sp³-hybridized carbons (Fsp3) is 0.462. The molecular formula is C13H16N4O2. The number of hydrogen-bond acceptors (Lipinski definition) is 3. The third-order valence-corrected chi connectivity index (χ3v) is 2.67. The number of hydrogen-bond donors (Lipinski definition) is 1. The van der Waals surface area contributed by atoms with Gasteiger partial charge >= 0.3 is 11.4 Å². The molecule has 0 saturated heterocycles. The van der Waals surface area contributed by atoms with Gasteiger partial charge in [0.15, 0.2) is 0 Å². The van der Waals surface area contributed by atoms with Crippen molar-refractivity contribution in [2.24, 2.45) is 0 Å². The van der Waals surface area contributed by atoms with Crippen molar-refractivity contribution in [1.82, 2.24) is 13.7 Å². The Morgan fingerprint density at radius 3 is 2.11 bits per heavy atom. The number of terminal acetylenes is 2. The molecule has 0 radical (unpaired) electrons. The number of rotatable bonds is 5. The van der Waals surface area contributed by atoms with Gasteiger partial charge in [0.1, 0.15) is 0 Å². The molecule has 1 heterocycles. The van der Waals surface area contributed by atoms with Crippen molar-refractivity contribution in [2.75, 3.05) is 0 Å². The molecule has 19 heavy (non-hydrogen) atoms. The number of nitrogens with zero attached hydrogens (tertiary/aromatic N) is 3. The van der Waals surface area contributed by atoms with Crippen LogP contribution in [0.1, 0.15) is 19.8 Å². The molecule has 0 aromatic carbocycles. The van der Waals surface area contributed by atoms with Crippen LogP contribution in [0.5, 0.6) is 0 Å². The van der Waals surface area contributed by atoms with E-state index in [0.29, 0.717) is 6.54 Å². The molecular weight excluding hydrogens is 244 g/mol. The Hall–Kier alpha value is -2.47. The normalized spacial score (nSPS) is 9.84. The molecule has 0 amide bonds. The molecule has 6 heteroatoms. The van der Waals surface area contributed by atoms with E-state index in [-0.39, 0.29) is 18.7 Å². The lowest BCUT2D eigenvalue weighted by atomic mass is 10.3. The topological polar surface area (TPSA) is 72.8 Å². The Labute approximate surface area is 110 Å². The van der Waals surface area contributed by atoms with Crippen molar-refractivity contribution in [3.63, 3.8) is 0 Å². The van der Waals surface area contributed by atoms with Gasteiger partial charge in [0.2, 0.25) is 5.62 Å². The molecule has 1 aromatic rings. The molecule has 100 valence electrons. The van der Waals surface area contributed by atoms with E-state index in [0.717, 1.165) is 22.0 Å². The Balaban J connectivity index is 3.61. The fourth-order valence-corrected chi connectivity index (χ4v) is 1.68. The molecule has 6 nitrogen and oxygen atoms in total. The van der Waals surface area contributed by atoms with Gasteiger partial charge < -0.3 is 0 Å². The Morgan fingerprint density at radius 2 is 1.58 bits per heavy atom. The van der Waals surface area contributed by atoms with Crippen LogP contribution in [0, 0.1) is 30.1 Å². The van der Waals surface area contributed by atoms with Crippen molar-refractivity contribution in [1.29, 1.82) is 5.41 Å². The zero-order valence-corrected chi connectivity index (χ0v) is 10.8. The summed E-state index contributed by atoms with van der Waals surface area (Å²) >= 11 is 0. The van der Waals surface area contributed by atoms with E-state index in [1.807, 2.05) is 6.92 Å². The number of nitrogens with one attached hydrogen (secondary N) is 1. The molecule has 1 aromatic heterocycles. The highest BCUT2D eigenvalue weighted by molar-refractivity contribution is 4.91. The summed E-state index contributed by atoms with van der Waals surface area (Å²) in [4.78, 5) is 24.1. The molecule has 1 N–H and O–H groups in total. The summed E-state index contributed by atoms with van der Waals surface area (Å²) in [5.74, 6) is 4.56. The minimum atomic E-state index is -0.640. The predicted octanol–water partition coefficient (Wildman–Crippen LogP) is -0.643. The summed E-state index contributed by atoms with van der Waals surface area (Å²) in [6.45, 7) is 2.15. The highest BCUT2D eigenvalue weighted by atomic mass is 16.2. The second-order valence-electron chi connectivity index (χ2n) is 3.97. The zero-order chi connectivity index (χ0) is 14.4. The molecule has 0 aliphatic carbocycles. The maximum Gasteiger partial charge on any atom is 0.336 e. The van der Waals surface area contributed by atoms with Gasteiger partial charge in [0, 0.05) is 6.54 Å². The van der Waals surface area contributed by atoms with Crippen LogP contribution in [-0.4, -0.2) is 13.7 Å². The van der Waals surface area contributed by atoms with Crippen LogP contribution in [0.3, 0.4) is 0 Å². The Kier molecular flexibility index (Phi) is 4.96. The van der Waals surface area contributed by atoms with Crippen LogP contribution in [0.2, 0.25) is 0 Å². The molecule has 0 saturated carbocycles. The molecule has 0 spiro atoms. The van der Waals surface area contributed by atoms with Crippen LogP contribution in [0.15, 0.2) is 9.59 Å². The minimum Gasteiger partial charge on any atom is -0.268 e. The van der Waals surface area contributed by atoms with Crippen LogP contribution >= 0.6 is 0 Å². The first-order valence-corrected chi connectivity index (χ1v) is 5.94. The molecule has 0 aliphatic heterocycles. The molecule has 0 fully saturated rings. The average molecular weight is 260 g/mol. The second kappa shape index (κ2) is 6.46. The standard InChI is InChI=1S/C13H16N4O2/c1-4-7-10-16-11(14)15(8-5-2)12(18)17(9-6-3)13(16)19/h2-3,14H,4,7-10H2,1H3. The van der Waals surface area contributed by atoms with Gasteiger partial charge in [-0.1, -0.05) is 25.2 Å². The average Bonchev–Trinajstić information content (AvgIpc) is 2.40. The van der Waals surface area contributed by atoms with Gasteiger partial charge in [-0.2, -0.15) is 0 Å². The summed E-state index contributed by atoms with van der Waals surface area (Å²) in [5, 5.41) is 7.90. The third kappa shape index (κ3) is 2.86. The molecule has 0 bridgehead atoms. The van der Waals surface area contributed by atoms with E-state index < -0.39 is 11.4 Å². The zero-order valence-electron chi connectivity index (χ0n) is 10.8. The van der Waals surface area contributed by atoms with E-state index in [9.17, 15) is 9.59 Å². The van der Waals surface area contributed by atoms with Crippen molar-refractivity contribution >= 4 is 0 Å². The van der Waals surface area contributed by atoms with Gasteiger partial charge in [-0.25, -0.2) is 14.2 Å². The van der Waals surface area contributed by atoms with Crippen molar-refractivity contribution in [2.45, 2.75) is 39.4 Å². The minimum absolute atomic E-state index is 0.0609. The maximum atomic E-state index is 12.1. The van der Waals surface area contributed by atoms with Crippen LogP contribution in [0.4, 0.5) is 0 Å². The molecule has 0 aliphatic rings. The van der Waals surface area contributed by atoms with Crippen LogP contribution < -0.4 is 17.0 Å². The van der Waals surface area contributed by atoms with E-state index in [1.54, 1.807) is 0 Å². The third-order valence-electron chi connectivity index (χ3n) is 2.67. The lowest BCUT2D eigenvalue weighted by molar-refractivity contribution is 0.455. The van der Waals surface area contributed by atoms with Crippen LogP contribution in [0.25, 0.3) is 0 Å². The van der Waals surface area contributed by atoms with Crippen LogP contribution in [-0.2, 0) is 19.6 Å². The second-order valence-corrected chi connectivity index (χ2v) is 3.97. The van der Waals surface area contributed by atoms with E-state index in [2.05, 4.69) is 11.8 Å². The maximum absolute atomic E-state index is 12.1. The summed E-state index contributed by atoms with van der Waals surface area (Å²) in [6, 6.07) is 0. The van der Waals surface area contributed by atoms with Crippen molar-refractivity contribution in [3.8, 4) is 24.7 Å². The van der Waals surface area contributed by atoms with Gasteiger partial charge in [0.25, 0.3) is 0 Å². The van der Waals surface area contributed by atoms with Gasteiger partial charge in [-0.05, 0) is 6.42 Å². The van der Waals surface area contributed by atoms with Gasteiger partial charge in [-0.3, -0.25) is 14.5 Å². The van der Waals surface area contributed by atoms with E-state index in [1.165, 1.54) is 4.57 Å². The first kappa shape index (κ1) is 14.6. The van der Waals surface area contributed by atoms with Gasteiger partial charge in [-0.15, -0.1) is 12.8 Å². The Bertz CT molecular complexity index is 652. The summed E-state index contributed by atoms with van der Waals surface area (Å²) in [6.07, 6.45) is 11.9. The first-order chi connectivity index (χ1) is 9.08. The smallest absolute Gasteiger partial charge is 0.268 e. The number of aromatic nitrogens is 3. The lowest BCUT2D eigenvalue weighted by Crippen LogP contribution is -2.54. The largest absolute Gasteiger partial charge is 0.336 e. The SMILES string of the molecule is C#CCn1c(=N)n(CCCC)c(=O)n(CC#C)c1=O. The predicted molar refractivity (Wildman–Crippen MR) is 71.4 cm³/mol. The monoisotopic (exact) mass is 260 g/mol. The highest BCUT2D eigenvalue weighted by Gasteiger charge is 2.11. The number of unbranched alkanes of at least 4 members (excludes halogenated alkanes) is 1. The van der Waals surface area contributed by atoms with Gasteiger partial charge in [0.05, 0.1) is 13.1 Å². The lowest BCUT2D eigenvalue weighted by Gasteiger charge is -2.12. The highest BCUT2D eigenvalue weighted by Crippen LogP contribution is 1.87.